The van der Waals surface area contributed by atoms with E-state index in [0.717, 1.165) is 42.3 Å². The number of nitrogens with zero attached hydrogens (tertiary/aromatic N) is 3. The van der Waals surface area contributed by atoms with Crippen molar-refractivity contribution in [2.45, 2.75) is 40.2 Å². The number of hydrogen-bond acceptors (Lipinski definition) is 3. The molecule has 0 amide bonds. The molecule has 2 heterocycles. The lowest BCUT2D eigenvalue weighted by atomic mass is 10.0. The molecule has 1 aromatic heterocycles. The molecule has 1 atom stereocenters. The van der Waals surface area contributed by atoms with E-state index in [0.29, 0.717) is 6.54 Å². The first kappa shape index (κ1) is 17.3. The van der Waals surface area contributed by atoms with Gasteiger partial charge in [0, 0.05) is 20.1 Å². The second-order valence-electron chi connectivity index (χ2n) is 5.34. The van der Waals surface area contributed by atoms with Crippen molar-refractivity contribution in [3.8, 4) is 0 Å². The molecule has 0 spiro atoms. The predicted octanol–water partition coefficient (Wildman–Crippen LogP) is 2.72. The van der Waals surface area contributed by atoms with Gasteiger partial charge in [0.25, 0.3) is 0 Å². The Morgan fingerprint density at radius 1 is 1.50 bits per heavy atom. The Hall–Kier alpha value is -0.790. The Kier molecular flexibility index (Phi) is 6.78. The van der Waals surface area contributed by atoms with Crippen molar-refractivity contribution >= 4 is 29.9 Å². The van der Waals surface area contributed by atoms with Crippen LogP contribution in [-0.4, -0.2) is 36.0 Å². The third-order valence-electron chi connectivity index (χ3n) is 3.64. The molecule has 1 fully saturated rings. The highest BCUT2D eigenvalue weighted by molar-refractivity contribution is 14.0. The summed E-state index contributed by atoms with van der Waals surface area (Å²) in [4.78, 5) is 11.0. The molecule has 1 aliphatic rings. The van der Waals surface area contributed by atoms with Crippen LogP contribution in [0.25, 0.3) is 0 Å². The van der Waals surface area contributed by atoms with E-state index in [-0.39, 0.29) is 24.0 Å². The minimum absolute atomic E-state index is 0. The lowest BCUT2D eigenvalue weighted by Crippen LogP contribution is -2.45. The van der Waals surface area contributed by atoms with Crippen LogP contribution in [-0.2, 0) is 6.54 Å². The molecule has 1 aliphatic heterocycles. The summed E-state index contributed by atoms with van der Waals surface area (Å²) in [6, 6.07) is 0. The zero-order valence-electron chi connectivity index (χ0n) is 12.8. The second kappa shape index (κ2) is 7.85. The standard InChI is InChI=1S/C14H24N4O.HI/c1-10-6-5-7-18(9-10)14(15-4)16-8-13-17-11(2)12(3)19-13;/h10H,5-9H2,1-4H3,(H,15,16);1H. The van der Waals surface area contributed by atoms with E-state index in [9.17, 15) is 0 Å². The van der Waals surface area contributed by atoms with E-state index in [1.54, 1.807) is 0 Å². The summed E-state index contributed by atoms with van der Waals surface area (Å²) < 4.78 is 5.57. The Morgan fingerprint density at radius 3 is 2.80 bits per heavy atom. The number of halogens is 1. The maximum Gasteiger partial charge on any atom is 0.214 e. The van der Waals surface area contributed by atoms with E-state index in [1.165, 1.54) is 12.8 Å². The highest BCUT2D eigenvalue weighted by Crippen LogP contribution is 2.15. The van der Waals surface area contributed by atoms with Gasteiger partial charge in [-0.3, -0.25) is 4.99 Å². The average Bonchev–Trinajstić information content (AvgIpc) is 2.70. The summed E-state index contributed by atoms with van der Waals surface area (Å²) in [5, 5.41) is 3.34. The van der Waals surface area contributed by atoms with Gasteiger partial charge in [-0.25, -0.2) is 4.98 Å². The topological polar surface area (TPSA) is 53.7 Å². The van der Waals surface area contributed by atoms with Gasteiger partial charge in [-0.2, -0.15) is 0 Å². The van der Waals surface area contributed by atoms with Crippen LogP contribution in [0.5, 0.6) is 0 Å². The van der Waals surface area contributed by atoms with Gasteiger partial charge in [-0.1, -0.05) is 6.92 Å². The van der Waals surface area contributed by atoms with Gasteiger partial charge in [0.1, 0.15) is 5.76 Å². The predicted molar refractivity (Wildman–Crippen MR) is 91.6 cm³/mol. The van der Waals surface area contributed by atoms with Crippen molar-refractivity contribution in [2.24, 2.45) is 10.9 Å². The van der Waals surface area contributed by atoms with Crippen molar-refractivity contribution in [3.05, 3.63) is 17.3 Å². The number of piperidine rings is 1. The van der Waals surface area contributed by atoms with E-state index >= 15 is 0 Å². The van der Waals surface area contributed by atoms with Crippen LogP contribution >= 0.6 is 24.0 Å². The first-order valence-corrected chi connectivity index (χ1v) is 6.98. The summed E-state index contributed by atoms with van der Waals surface area (Å²) in [7, 11) is 1.83. The number of hydrogen-bond donors (Lipinski definition) is 1. The maximum absolute atomic E-state index is 5.57. The first-order chi connectivity index (χ1) is 9.10. The number of nitrogens with one attached hydrogen (secondary N) is 1. The van der Waals surface area contributed by atoms with Gasteiger partial charge in [0.05, 0.1) is 12.2 Å². The molecule has 1 unspecified atom stereocenters. The zero-order chi connectivity index (χ0) is 13.8. The van der Waals surface area contributed by atoms with Crippen molar-refractivity contribution in [2.75, 3.05) is 20.1 Å². The molecular weight excluding hydrogens is 367 g/mol. The van der Waals surface area contributed by atoms with Gasteiger partial charge in [0.15, 0.2) is 5.96 Å². The minimum Gasteiger partial charge on any atom is -0.444 e. The summed E-state index contributed by atoms with van der Waals surface area (Å²) in [5.41, 5.74) is 0.957. The molecule has 1 saturated heterocycles. The van der Waals surface area contributed by atoms with Gasteiger partial charge in [-0.15, -0.1) is 24.0 Å². The molecule has 1 aromatic rings. The molecule has 0 bridgehead atoms. The molecule has 0 aliphatic carbocycles. The van der Waals surface area contributed by atoms with Crippen molar-refractivity contribution in [1.29, 1.82) is 0 Å². The Bertz CT molecular complexity index is 439. The minimum atomic E-state index is 0. The number of aliphatic imine (C=N–C) groups is 1. The molecule has 6 heteroatoms. The Labute approximate surface area is 138 Å². The average molecular weight is 392 g/mol. The smallest absolute Gasteiger partial charge is 0.214 e. The van der Waals surface area contributed by atoms with Crippen LogP contribution in [0.3, 0.4) is 0 Å². The van der Waals surface area contributed by atoms with Crippen LogP contribution in [0.1, 0.15) is 37.1 Å². The SMILES string of the molecule is CN=C(NCc1nc(C)c(C)o1)N1CCCC(C)C1.I. The fourth-order valence-electron chi connectivity index (χ4n) is 2.48. The lowest BCUT2D eigenvalue weighted by molar-refractivity contribution is 0.265. The number of rotatable bonds is 2. The van der Waals surface area contributed by atoms with Crippen molar-refractivity contribution in [1.82, 2.24) is 15.2 Å². The van der Waals surface area contributed by atoms with Gasteiger partial charge in [-0.05, 0) is 32.6 Å². The van der Waals surface area contributed by atoms with Crippen LogP contribution in [0.4, 0.5) is 0 Å². The van der Waals surface area contributed by atoms with E-state index in [4.69, 9.17) is 4.42 Å². The molecule has 0 saturated carbocycles. The normalized spacial score (nSPS) is 19.7. The number of guanidine groups is 1. The number of oxazole rings is 1. The van der Waals surface area contributed by atoms with Crippen LogP contribution in [0, 0.1) is 19.8 Å². The highest BCUT2D eigenvalue weighted by atomic mass is 127. The maximum atomic E-state index is 5.57. The third kappa shape index (κ3) is 4.36. The third-order valence-corrected chi connectivity index (χ3v) is 3.64. The summed E-state index contributed by atoms with van der Waals surface area (Å²) in [5.74, 6) is 3.29. The fourth-order valence-corrected chi connectivity index (χ4v) is 2.48. The van der Waals surface area contributed by atoms with Gasteiger partial charge < -0.3 is 14.6 Å². The van der Waals surface area contributed by atoms with Crippen LogP contribution in [0.15, 0.2) is 9.41 Å². The molecular formula is C14H25IN4O. The van der Waals surface area contributed by atoms with Crippen LogP contribution < -0.4 is 5.32 Å². The number of aromatic nitrogens is 1. The first-order valence-electron chi connectivity index (χ1n) is 6.98. The van der Waals surface area contributed by atoms with Crippen LogP contribution in [0.2, 0.25) is 0 Å². The van der Waals surface area contributed by atoms with Crippen molar-refractivity contribution in [3.63, 3.8) is 0 Å². The molecule has 20 heavy (non-hydrogen) atoms. The van der Waals surface area contributed by atoms with E-state index in [2.05, 4.69) is 27.1 Å². The highest BCUT2D eigenvalue weighted by Gasteiger charge is 2.19. The summed E-state index contributed by atoms with van der Waals surface area (Å²) in [6.07, 6.45) is 2.55. The fraction of sp³-hybridized carbons (Fsp3) is 0.714. The Balaban J connectivity index is 0.00000200. The largest absolute Gasteiger partial charge is 0.444 e. The van der Waals surface area contributed by atoms with Crippen molar-refractivity contribution < 1.29 is 4.42 Å². The zero-order valence-corrected chi connectivity index (χ0v) is 15.1. The molecule has 2 rings (SSSR count). The number of likely N-dealkylation sites (tertiary alicyclic amines) is 1. The monoisotopic (exact) mass is 392 g/mol. The lowest BCUT2D eigenvalue weighted by Gasteiger charge is -2.33. The number of aryl methyl sites for hydroxylation is 2. The summed E-state index contributed by atoms with van der Waals surface area (Å²) in [6.45, 7) is 8.93. The molecule has 5 nitrogen and oxygen atoms in total. The van der Waals surface area contributed by atoms with E-state index in [1.807, 2.05) is 20.9 Å². The molecule has 114 valence electrons. The molecule has 1 N–H and O–H groups in total. The molecule has 0 aromatic carbocycles. The summed E-state index contributed by atoms with van der Waals surface area (Å²) >= 11 is 0. The van der Waals surface area contributed by atoms with Gasteiger partial charge in [0.2, 0.25) is 5.89 Å². The molecule has 0 radical (unpaired) electrons. The quantitative estimate of drug-likeness (QED) is 0.478. The van der Waals surface area contributed by atoms with Gasteiger partial charge >= 0.3 is 0 Å². The Morgan fingerprint density at radius 2 is 2.25 bits per heavy atom. The second-order valence-corrected chi connectivity index (χ2v) is 5.34. The van der Waals surface area contributed by atoms with E-state index < -0.39 is 0 Å².